The van der Waals surface area contributed by atoms with E-state index < -0.39 is 5.97 Å². The van der Waals surface area contributed by atoms with Gasteiger partial charge in [-0.2, -0.15) is 0 Å². The van der Waals surface area contributed by atoms with Gasteiger partial charge in [-0.1, -0.05) is 111 Å². The average Bonchev–Trinajstić information content (AvgIpc) is 2.56. The highest BCUT2D eigenvalue weighted by Gasteiger charge is 2.23. The second-order valence-corrected chi connectivity index (χ2v) is 8.15. The SMILES string of the molecule is CCCCCCCCCCCCCCCCCC(O)(O)OCC(C)C. The van der Waals surface area contributed by atoms with Crippen LogP contribution in [0.2, 0.25) is 0 Å². The molecule has 0 saturated carbocycles. The van der Waals surface area contributed by atoms with Gasteiger partial charge in [-0.3, -0.25) is 0 Å². The third-order valence-corrected chi connectivity index (χ3v) is 4.75. The van der Waals surface area contributed by atoms with Crippen molar-refractivity contribution >= 4 is 0 Å². The van der Waals surface area contributed by atoms with Crippen molar-refractivity contribution in [1.29, 1.82) is 0 Å². The van der Waals surface area contributed by atoms with Gasteiger partial charge >= 0.3 is 0 Å². The van der Waals surface area contributed by atoms with Crippen molar-refractivity contribution in [2.45, 2.75) is 129 Å². The van der Waals surface area contributed by atoms with Gasteiger partial charge in [0.15, 0.2) is 0 Å². The number of unbranched alkanes of at least 4 members (excludes halogenated alkanes) is 14. The molecule has 2 N–H and O–H groups in total. The van der Waals surface area contributed by atoms with Gasteiger partial charge in [-0.25, -0.2) is 0 Å². The number of aliphatic hydroxyl groups is 2. The highest BCUT2D eigenvalue weighted by atomic mass is 16.8. The summed E-state index contributed by atoms with van der Waals surface area (Å²) in [6.45, 7) is 6.67. The van der Waals surface area contributed by atoms with Crippen LogP contribution < -0.4 is 0 Å². The summed E-state index contributed by atoms with van der Waals surface area (Å²) in [5.74, 6) is -1.61. The Labute approximate surface area is 157 Å². The zero-order chi connectivity index (χ0) is 18.8. The lowest BCUT2D eigenvalue weighted by molar-refractivity contribution is -0.343. The Bertz CT molecular complexity index is 264. The molecule has 0 aliphatic carbocycles. The van der Waals surface area contributed by atoms with Gasteiger partial charge in [-0.05, 0) is 12.3 Å². The fourth-order valence-corrected chi connectivity index (χ4v) is 3.10. The van der Waals surface area contributed by atoms with Crippen LogP contribution in [-0.4, -0.2) is 22.8 Å². The molecule has 0 unspecified atom stereocenters. The Morgan fingerprint density at radius 2 is 1.00 bits per heavy atom. The van der Waals surface area contributed by atoms with Crippen molar-refractivity contribution in [1.82, 2.24) is 0 Å². The molecule has 0 rings (SSSR count). The van der Waals surface area contributed by atoms with Crippen LogP contribution in [0.4, 0.5) is 0 Å². The van der Waals surface area contributed by atoms with Crippen LogP contribution in [0, 0.1) is 5.92 Å². The van der Waals surface area contributed by atoms with Gasteiger partial charge < -0.3 is 14.9 Å². The highest BCUT2D eigenvalue weighted by Crippen LogP contribution is 2.17. The van der Waals surface area contributed by atoms with Crippen LogP contribution in [-0.2, 0) is 4.74 Å². The second kappa shape index (κ2) is 17.3. The maximum Gasteiger partial charge on any atom is 0.277 e. The van der Waals surface area contributed by atoms with Crippen LogP contribution in [0.25, 0.3) is 0 Å². The minimum atomic E-state index is -1.93. The van der Waals surface area contributed by atoms with Gasteiger partial charge in [-0.15, -0.1) is 0 Å². The lowest BCUT2D eigenvalue weighted by Crippen LogP contribution is -2.33. The summed E-state index contributed by atoms with van der Waals surface area (Å²) in [4.78, 5) is 0. The van der Waals surface area contributed by atoms with Crippen LogP contribution in [0.1, 0.15) is 124 Å². The predicted octanol–water partition coefficient (Wildman–Crippen LogP) is 6.56. The summed E-state index contributed by atoms with van der Waals surface area (Å²) in [6, 6.07) is 0. The highest BCUT2D eigenvalue weighted by molar-refractivity contribution is 4.55. The summed E-state index contributed by atoms with van der Waals surface area (Å²) < 4.78 is 5.12. The third kappa shape index (κ3) is 20.0. The predicted molar refractivity (Wildman–Crippen MR) is 108 cm³/mol. The summed E-state index contributed by atoms with van der Waals surface area (Å²) in [5, 5.41) is 19.4. The van der Waals surface area contributed by atoms with Crippen molar-refractivity contribution in [2.75, 3.05) is 6.61 Å². The summed E-state index contributed by atoms with van der Waals surface area (Å²) in [6.07, 6.45) is 20.0. The molecule has 0 fully saturated rings. The van der Waals surface area contributed by atoms with Crippen LogP contribution >= 0.6 is 0 Å². The van der Waals surface area contributed by atoms with Crippen LogP contribution in [0.3, 0.4) is 0 Å². The lowest BCUT2D eigenvalue weighted by atomic mass is 10.0. The zero-order valence-corrected chi connectivity index (χ0v) is 17.4. The van der Waals surface area contributed by atoms with Crippen LogP contribution in [0.15, 0.2) is 0 Å². The minimum absolute atomic E-state index is 0.317. The van der Waals surface area contributed by atoms with E-state index in [1.54, 1.807) is 0 Å². The molecule has 152 valence electrons. The van der Waals surface area contributed by atoms with E-state index in [0.29, 0.717) is 18.9 Å². The van der Waals surface area contributed by atoms with Crippen molar-refractivity contribution in [3.63, 3.8) is 0 Å². The molecular formula is C22H46O3. The van der Waals surface area contributed by atoms with Gasteiger partial charge in [0.1, 0.15) is 0 Å². The molecule has 0 heterocycles. The van der Waals surface area contributed by atoms with Crippen molar-refractivity contribution in [3.8, 4) is 0 Å². The molecule has 0 amide bonds. The molecule has 0 atom stereocenters. The minimum Gasteiger partial charge on any atom is -0.343 e. The molecule has 0 saturated heterocycles. The Hall–Kier alpha value is -0.120. The van der Waals surface area contributed by atoms with E-state index in [1.165, 1.54) is 83.5 Å². The van der Waals surface area contributed by atoms with E-state index in [-0.39, 0.29) is 0 Å². The molecule has 0 aromatic heterocycles. The number of rotatable bonds is 19. The van der Waals surface area contributed by atoms with Gasteiger partial charge in [0.25, 0.3) is 5.97 Å². The summed E-state index contributed by atoms with van der Waals surface area (Å²) in [7, 11) is 0. The first-order valence-corrected chi connectivity index (χ1v) is 11.1. The molecule has 0 aliphatic heterocycles. The maximum atomic E-state index is 9.70. The van der Waals surface area contributed by atoms with Gasteiger partial charge in [0.2, 0.25) is 0 Å². The molecule has 0 aliphatic rings. The second-order valence-electron chi connectivity index (χ2n) is 8.15. The lowest BCUT2D eigenvalue weighted by Gasteiger charge is -2.22. The smallest absolute Gasteiger partial charge is 0.277 e. The molecule has 0 aromatic rings. The number of ether oxygens (including phenoxy) is 1. The Balaban J connectivity index is 3.21. The number of hydrogen-bond acceptors (Lipinski definition) is 3. The van der Waals surface area contributed by atoms with E-state index in [2.05, 4.69) is 6.92 Å². The van der Waals surface area contributed by atoms with E-state index in [4.69, 9.17) is 4.74 Å². The monoisotopic (exact) mass is 358 g/mol. The molecule has 25 heavy (non-hydrogen) atoms. The van der Waals surface area contributed by atoms with E-state index >= 15 is 0 Å². The standard InChI is InChI=1S/C22H46O3/c1-4-5-6-7-8-9-10-11-12-13-14-15-16-17-18-19-22(23,24)25-20-21(2)3/h21,23-24H,4-20H2,1-3H3. The fraction of sp³-hybridized carbons (Fsp3) is 1.00. The summed E-state index contributed by atoms with van der Waals surface area (Å²) >= 11 is 0. The van der Waals surface area contributed by atoms with E-state index in [0.717, 1.165) is 12.8 Å². The molecule has 0 spiro atoms. The quantitative estimate of drug-likeness (QED) is 0.203. The van der Waals surface area contributed by atoms with Crippen molar-refractivity contribution in [3.05, 3.63) is 0 Å². The molecule has 3 heteroatoms. The first-order chi connectivity index (χ1) is 12.0. The Morgan fingerprint density at radius 1 is 0.640 bits per heavy atom. The van der Waals surface area contributed by atoms with E-state index in [1.807, 2.05) is 13.8 Å². The molecule has 0 aromatic carbocycles. The molecular weight excluding hydrogens is 312 g/mol. The molecule has 0 bridgehead atoms. The summed E-state index contributed by atoms with van der Waals surface area (Å²) in [5.41, 5.74) is 0. The Kier molecular flexibility index (Phi) is 17.2. The molecule has 3 nitrogen and oxygen atoms in total. The average molecular weight is 359 g/mol. The molecule has 0 radical (unpaired) electrons. The third-order valence-electron chi connectivity index (χ3n) is 4.75. The fourth-order valence-electron chi connectivity index (χ4n) is 3.10. The van der Waals surface area contributed by atoms with Crippen molar-refractivity contribution < 1.29 is 14.9 Å². The van der Waals surface area contributed by atoms with Gasteiger partial charge in [0.05, 0.1) is 6.61 Å². The van der Waals surface area contributed by atoms with Crippen LogP contribution in [0.5, 0.6) is 0 Å². The number of hydrogen-bond donors (Lipinski definition) is 2. The topological polar surface area (TPSA) is 49.7 Å². The maximum absolute atomic E-state index is 9.70. The van der Waals surface area contributed by atoms with Crippen molar-refractivity contribution in [2.24, 2.45) is 5.92 Å². The first kappa shape index (κ1) is 24.9. The van der Waals surface area contributed by atoms with Gasteiger partial charge in [0, 0.05) is 6.42 Å². The largest absolute Gasteiger partial charge is 0.343 e. The Morgan fingerprint density at radius 3 is 1.36 bits per heavy atom. The van der Waals surface area contributed by atoms with E-state index in [9.17, 15) is 10.2 Å². The first-order valence-electron chi connectivity index (χ1n) is 11.1. The normalized spacial score (nSPS) is 12.2. The zero-order valence-electron chi connectivity index (χ0n) is 17.4.